The average molecular weight is 393 g/mol. The molecule has 1 unspecified atom stereocenters. The van der Waals surface area contributed by atoms with Gasteiger partial charge in [-0.3, -0.25) is 9.59 Å². The van der Waals surface area contributed by atoms with Gasteiger partial charge in [-0.15, -0.1) is 10.2 Å². The van der Waals surface area contributed by atoms with Crippen LogP contribution < -0.4 is 9.64 Å². The van der Waals surface area contributed by atoms with E-state index in [2.05, 4.69) is 15.2 Å². The number of nitrogens with one attached hydrogen (secondary N) is 1. The number of ketones is 1. The van der Waals surface area contributed by atoms with Crippen molar-refractivity contribution in [1.82, 2.24) is 20.1 Å². The molecule has 4 rings (SSSR count). The van der Waals surface area contributed by atoms with Gasteiger partial charge < -0.3 is 19.5 Å². The van der Waals surface area contributed by atoms with E-state index in [0.717, 1.165) is 29.6 Å². The summed E-state index contributed by atoms with van der Waals surface area (Å²) in [6.45, 7) is 0.891. The van der Waals surface area contributed by atoms with E-state index in [1.807, 2.05) is 49.3 Å². The number of hydrogen-bond acceptors (Lipinski definition) is 6. The zero-order valence-corrected chi connectivity index (χ0v) is 16.5. The summed E-state index contributed by atoms with van der Waals surface area (Å²) in [7, 11) is 3.78. The largest absolute Gasteiger partial charge is 0.471 e. The Bertz CT molecular complexity index is 1030. The Balaban J connectivity index is 1.43. The molecule has 2 aromatic heterocycles. The molecular formula is C21H23N5O3. The zero-order valence-electron chi connectivity index (χ0n) is 16.5. The molecule has 3 heterocycles. The molecule has 3 aromatic rings. The number of fused-ring (bicyclic) bond motifs is 1. The Morgan fingerprint density at radius 2 is 2.00 bits per heavy atom. The van der Waals surface area contributed by atoms with E-state index in [-0.39, 0.29) is 6.10 Å². The highest BCUT2D eigenvalue weighted by Crippen LogP contribution is 2.21. The minimum atomic E-state index is -0.503. The highest BCUT2D eigenvalue weighted by molar-refractivity contribution is 6.44. The first-order valence-corrected chi connectivity index (χ1v) is 9.60. The van der Waals surface area contributed by atoms with Gasteiger partial charge in [-0.1, -0.05) is 18.2 Å². The number of para-hydroxylation sites is 1. The first-order valence-electron chi connectivity index (χ1n) is 9.60. The molecule has 0 spiro atoms. The molecule has 1 atom stereocenters. The molecule has 1 saturated heterocycles. The second kappa shape index (κ2) is 7.90. The molecule has 29 heavy (non-hydrogen) atoms. The number of hydrogen-bond donors (Lipinski definition) is 1. The van der Waals surface area contributed by atoms with Gasteiger partial charge in [-0.25, -0.2) is 0 Å². The molecule has 0 aliphatic carbocycles. The number of aromatic nitrogens is 3. The van der Waals surface area contributed by atoms with Gasteiger partial charge >= 0.3 is 0 Å². The third kappa shape index (κ3) is 3.91. The lowest BCUT2D eigenvalue weighted by molar-refractivity contribution is -0.129. The molecule has 1 N–H and O–H groups in total. The van der Waals surface area contributed by atoms with Crippen molar-refractivity contribution < 1.29 is 14.3 Å². The minimum absolute atomic E-state index is 0.219. The van der Waals surface area contributed by atoms with Gasteiger partial charge in [0.2, 0.25) is 5.88 Å². The van der Waals surface area contributed by atoms with Gasteiger partial charge in [0.15, 0.2) is 5.82 Å². The molecule has 1 aliphatic heterocycles. The maximum atomic E-state index is 12.8. The van der Waals surface area contributed by atoms with E-state index in [1.165, 1.54) is 0 Å². The number of H-pyrrole nitrogens is 1. The molecule has 0 radical (unpaired) electrons. The van der Waals surface area contributed by atoms with Crippen molar-refractivity contribution in [3.05, 3.63) is 48.2 Å². The van der Waals surface area contributed by atoms with Crippen LogP contribution in [0.1, 0.15) is 23.2 Å². The number of piperidine rings is 1. The van der Waals surface area contributed by atoms with Crippen molar-refractivity contribution >= 4 is 28.4 Å². The Kier molecular flexibility index (Phi) is 5.16. The first kappa shape index (κ1) is 18.9. The molecule has 1 aliphatic rings. The van der Waals surface area contributed by atoms with Crippen molar-refractivity contribution in [2.24, 2.45) is 0 Å². The Morgan fingerprint density at radius 1 is 1.17 bits per heavy atom. The van der Waals surface area contributed by atoms with Gasteiger partial charge in [0.1, 0.15) is 6.10 Å². The molecular weight excluding hydrogens is 370 g/mol. The van der Waals surface area contributed by atoms with Gasteiger partial charge in [-0.05, 0) is 25.0 Å². The highest BCUT2D eigenvalue weighted by Gasteiger charge is 2.30. The van der Waals surface area contributed by atoms with Crippen LogP contribution >= 0.6 is 0 Å². The lowest BCUT2D eigenvalue weighted by atomic mass is 10.0. The van der Waals surface area contributed by atoms with Crippen molar-refractivity contribution in [2.75, 3.05) is 32.1 Å². The molecule has 150 valence electrons. The summed E-state index contributed by atoms with van der Waals surface area (Å²) in [5.74, 6) is 0.148. The normalized spacial score (nSPS) is 16.6. The second-order valence-electron chi connectivity index (χ2n) is 7.33. The van der Waals surface area contributed by atoms with Crippen LogP contribution in [0.15, 0.2) is 42.6 Å². The predicted octanol–water partition coefficient (Wildman–Crippen LogP) is 2.28. The van der Waals surface area contributed by atoms with Crippen molar-refractivity contribution in [2.45, 2.75) is 18.9 Å². The van der Waals surface area contributed by atoms with E-state index in [0.29, 0.717) is 24.5 Å². The fraction of sp³-hybridized carbons (Fsp3) is 0.333. The van der Waals surface area contributed by atoms with Crippen LogP contribution in [0.4, 0.5) is 5.82 Å². The Morgan fingerprint density at radius 3 is 2.76 bits per heavy atom. The number of carbonyl (C=O) groups is 2. The topological polar surface area (TPSA) is 91.4 Å². The van der Waals surface area contributed by atoms with Crippen LogP contribution in [-0.2, 0) is 4.79 Å². The number of nitrogens with zero attached hydrogens (tertiary/aromatic N) is 4. The third-order valence-electron chi connectivity index (χ3n) is 5.07. The second-order valence-corrected chi connectivity index (χ2v) is 7.33. The number of anilines is 1. The summed E-state index contributed by atoms with van der Waals surface area (Å²) in [5.41, 5.74) is 1.24. The van der Waals surface area contributed by atoms with Crippen LogP contribution in [0.25, 0.3) is 10.9 Å². The van der Waals surface area contributed by atoms with E-state index in [4.69, 9.17) is 4.74 Å². The van der Waals surface area contributed by atoms with E-state index < -0.39 is 11.7 Å². The minimum Gasteiger partial charge on any atom is -0.471 e. The number of benzene rings is 1. The molecule has 8 heteroatoms. The zero-order chi connectivity index (χ0) is 20.4. The van der Waals surface area contributed by atoms with Crippen molar-refractivity contribution in [1.29, 1.82) is 0 Å². The summed E-state index contributed by atoms with van der Waals surface area (Å²) in [6, 6.07) is 11.0. The van der Waals surface area contributed by atoms with E-state index in [9.17, 15) is 9.59 Å². The average Bonchev–Trinajstić information content (AvgIpc) is 3.17. The van der Waals surface area contributed by atoms with Crippen molar-refractivity contribution in [3.63, 3.8) is 0 Å². The molecule has 0 saturated carbocycles. The molecule has 1 aromatic carbocycles. The number of ether oxygens (including phenoxy) is 1. The van der Waals surface area contributed by atoms with E-state index >= 15 is 0 Å². The summed E-state index contributed by atoms with van der Waals surface area (Å²) in [5, 5.41) is 8.94. The quantitative estimate of drug-likeness (QED) is 0.528. The fourth-order valence-corrected chi connectivity index (χ4v) is 3.52. The van der Waals surface area contributed by atoms with Crippen LogP contribution in [0.2, 0.25) is 0 Å². The molecule has 1 amide bonds. The summed E-state index contributed by atoms with van der Waals surface area (Å²) in [6.07, 6.45) is 2.94. The number of likely N-dealkylation sites (tertiary alicyclic amines) is 1. The lowest BCUT2D eigenvalue weighted by Crippen LogP contribution is -2.47. The van der Waals surface area contributed by atoms with Crippen LogP contribution in [0, 0.1) is 0 Å². The molecule has 1 fully saturated rings. The van der Waals surface area contributed by atoms with Crippen LogP contribution in [0.5, 0.6) is 5.88 Å². The molecule has 0 bridgehead atoms. The Hall–Kier alpha value is -3.42. The Labute approximate surface area is 168 Å². The number of carbonyl (C=O) groups excluding carboxylic acids is 2. The summed E-state index contributed by atoms with van der Waals surface area (Å²) >= 11 is 0. The van der Waals surface area contributed by atoms with Gasteiger partial charge in [-0.2, -0.15) is 0 Å². The van der Waals surface area contributed by atoms with Gasteiger partial charge in [0.25, 0.3) is 11.7 Å². The van der Waals surface area contributed by atoms with Crippen LogP contribution in [-0.4, -0.2) is 65.1 Å². The van der Waals surface area contributed by atoms with Gasteiger partial charge in [0, 0.05) is 43.8 Å². The first-order chi connectivity index (χ1) is 14.0. The number of rotatable bonds is 5. The number of aromatic amines is 1. The molecule has 8 nitrogen and oxygen atoms in total. The number of amides is 1. The monoisotopic (exact) mass is 393 g/mol. The van der Waals surface area contributed by atoms with Crippen LogP contribution in [0.3, 0.4) is 0 Å². The van der Waals surface area contributed by atoms with E-state index in [1.54, 1.807) is 17.2 Å². The highest BCUT2D eigenvalue weighted by atomic mass is 16.5. The number of Topliss-reactive ketones (excluding diaryl/α,β-unsaturated/α-hetero) is 1. The SMILES string of the molecule is CN(C)c1ccc(OC2CCCN(C(=O)C(=O)c3c[nH]c4ccccc34)C2)nn1. The summed E-state index contributed by atoms with van der Waals surface area (Å²) < 4.78 is 5.91. The third-order valence-corrected chi connectivity index (χ3v) is 5.07. The standard InChI is InChI=1S/C21H23N5O3/c1-25(2)18-9-10-19(24-23-18)29-14-6-5-11-26(13-14)21(28)20(27)16-12-22-17-8-4-3-7-15(16)17/h3-4,7-10,12,14,22H,5-6,11,13H2,1-2H3. The predicted molar refractivity (Wildman–Crippen MR) is 109 cm³/mol. The van der Waals surface area contributed by atoms with Crippen molar-refractivity contribution in [3.8, 4) is 5.88 Å². The summed E-state index contributed by atoms with van der Waals surface area (Å²) in [4.78, 5) is 32.1. The fourth-order valence-electron chi connectivity index (χ4n) is 3.52. The smallest absolute Gasteiger partial charge is 0.295 e. The maximum Gasteiger partial charge on any atom is 0.295 e. The van der Waals surface area contributed by atoms with Gasteiger partial charge in [0.05, 0.1) is 12.1 Å². The maximum absolute atomic E-state index is 12.8. The lowest BCUT2D eigenvalue weighted by Gasteiger charge is -2.32.